The molecule has 0 aliphatic heterocycles. The SMILES string of the molecule is CC1(C(=O)NCCc2nc3ccccc3s2)CC1(Cl)Cl. The van der Waals surface area contributed by atoms with Gasteiger partial charge in [0.2, 0.25) is 5.91 Å². The Kier molecular flexibility index (Phi) is 3.43. The quantitative estimate of drug-likeness (QED) is 0.872. The van der Waals surface area contributed by atoms with Gasteiger partial charge in [-0.2, -0.15) is 0 Å². The number of benzene rings is 1. The van der Waals surface area contributed by atoms with Gasteiger partial charge in [0, 0.05) is 13.0 Å². The Bertz CT molecular complexity index is 637. The molecule has 1 amide bonds. The molecule has 6 heteroatoms. The number of alkyl halides is 2. The molecule has 3 nitrogen and oxygen atoms in total. The smallest absolute Gasteiger partial charge is 0.229 e. The molecule has 0 radical (unpaired) electrons. The molecule has 1 aromatic heterocycles. The predicted octanol–water partition coefficient (Wildman–Crippen LogP) is 3.54. The summed E-state index contributed by atoms with van der Waals surface area (Å²) >= 11 is 13.6. The van der Waals surface area contributed by atoms with Crippen LogP contribution >= 0.6 is 34.5 Å². The van der Waals surface area contributed by atoms with Crippen LogP contribution in [0, 0.1) is 5.41 Å². The molecule has 20 heavy (non-hydrogen) atoms. The number of carbonyl (C=O) groups is 1. The first-order chi connectivity index (χ1) is 9.42. The number of fused-ring (bicyclic) bond motifs is 1. The normalized spacial score (nSPS) is 23.8. The van der Waals surface area contributed by atoms with Crippen molar-refractivity contribution >= 4 is 50.7 Å². The van der Waals surface area contributed by atoms with Gasteiger partial charge >= 0.3 is 0 Å². The minimum Gasteiger partial charge on any atom is -0.355 e. The summed E-state index contributed by atoms with van der Waals surface area (Å²) in [5.74, 6) is -0.0800. The Hall–Kier alpha value is -0.840. The maximum atomic E-state index is 12.0. The maximum Gasteiger partial charge on any atom is 0.229 e. The van der Waals surface area contributed by atoms with Crippen molar-refractivity contribution < 1.29 is 4.79 Å². The van der Waals surface area contributed by atoms with E-state index in [4.69, 9.17) is 23.2 Å². The number of thiazole rings is 1. The van der Waals surface area contributed by atoms with E-state index >= 15 is 0 Å². The van der Waals surface area contributed by atoms with Gasteiger partial charge in [-0.05, 0) is 25.5 Å². The number of hydrogen-bond acceptors (Lipinski definition) is 3. The Morgan fingerprint density at radius 2 is 2.15 bits per heavy atom. The van der Waals surface area contributed by atoms with E-state index in [1.165, 1.54) is 4.70 Å². The molecule has 1 aromatic carbocycles. The first-order valence-corrected chi connectivity index (χ1v) is 8.00. The fourth-order valence-electron chi connectivity index (χ4n) is 2.15. The average molecular weight is 329 g/mol. The number of para-hydroxylation sites is 1. The Labute approximate surface area is 131 Å². The highest BCUT2D eigenvalue weighted by molar-refractivity contribution is 7.18. The number of nitrogens with zero attached hydrogens (tertiary/aromatic N) is 1. The largest absolute Gasteiger partial charge is 0.355 e. The van der Waals surface area contributed by atoms with E-state index in [9.17, 15) is 4.79 Å². The lowest BCUT2D eigenvalue weighted by atomic mass is 10.1. The number of rotatable bonds is 4. The minimum atomic E-state index is -0.910. The van der Waals surface area contributed by atoms with Crippen LogP contribution in [0.3, 0.4) is 0 Å². The van der Waals surface area contributed by atoms with Crippen LogP contribution < -0.4 is 5.32 Å². The number of halogens is 2. The monoisotopic (exact) mass is 328 g/mol. The molecule has 1 fully saturated rings. The van der Waals surface area contributed by atoms with Crippen LogP contribution in [0.2, 0.25) is 0 Å². The highest BCUT2D eigenvalue weighted by Crippen LogP contribution is 2.63. The van der Waals surface area contributed by atoms with Crippen molar-refractivity contribution in [3.63, 3.8) is 0 Å². The van der Waals surface area contributed by atoms with Crippen molar-refractivity contribution in [1.29, 1.82) is 0 Å². The van der Waals surface area contributed by atoms with Gasteiger partial charge in [-0.3, -0.25) is 4.79 Å². The van der Waals surface area contributed by atoms with Gasteiger partial charge in [0.05, 0.1) is 20.6 Å². The van der Waals surface area contributed by atoms with Gasteiger partial charge < -0.3 is 5.32 Å². The van der Waals surface area contributed by atoms with Gasteiger partial charge in [-0.15, -0.1) is 34.5 Å². The lowest BCUT2D eigenvalue weighted by Gasteiger charge is -2.11. The summed E-state index contributed by atoms with van der Waals surface area (Å²) in [6.45, 7) is 2.35. The molecule has 1 saturated carbocycles. The van der Waals surface area contributed by atoms with Crippen LogP contribution in [0.1, 0.15) is 18.4 Å². The minimum absolute atomic E-state index is 0.0800. The zero-order valence-corrected chi connectivity index (χ0v) is 13.3. The summed E-state index contributed by atoms with van der Waals surface area (Å²) in [5.41, 5.74) is 0.359. The van der Waals surface area contributed by atoms with Gasteiger partial charge in [-0.25, -0.2) is 4.98 Å². The summed E-state index contributed by atoms with van der Waals surface area (Å²) in [6, 6.07) is 8.02. The maximum absolute atomic E-state index is 12.0. The number of carbonyl (C=O) groups excluding carboxylic acids is 1. The molecule has 1 heterocycles. The molecule has 1 atom stereocenters. The molecule has 0 spiro atoms. The topological polar surface area (TPSA) is 42.0 Å². The average Bonchev–Trinajstić information content (AvgIpc) is 2.75. The van der Waals surface area contributed by atoms with Crippen molar-refractivity contribution in [2.45, 2.75) is 24.1 Å². The highest BCUT2D eigenvalue weighted by atomic mass is 35.5. The molecule has 106 valence electrons. The zero-order valence-electron chi connectivity index (χ0n) is 11.0. The molecular formula is C14H14Cl2N2OS. The Morgan fingerprint density at radius 3 is 2.80 bits per heavy atom. The number of nitrogens with one attached hydrogen (secondary N) is 1. The first-order valence-electron chi connectivity index (χ1n) is 6.43. The van der Waals surface area contributed by atoms with E-state index < -0.39 is 9.75 Å². The van der Waals surface area contributed by atoms with Crippen molar-refractivity contribution in [3.05, 3.63) is 29.3 Å². The van der Waals surface area contributed by atoms with E-state index in [0.717, 1.165) is 16.9 Å². The second-order valence-corrected chi connectivity index (χ2v) is 7.89. The molecule has 0 saturated heterocycles. The van der Waals surface area contributed by atoms with E-state index in [1.54, 1.807) is 18.3 Å². The van der Waals surface area contributed by atoms with Crippen molar-refractivity contribution in [2.75, 3.05) is 6.54 Å². The lowest BCUT2D eigenvalue weighted by Crippen LogP contribution is -2.34. The third kappa shape index (κ3) is 2.41. The lowest BCUT2D eigenvalue weighted by molar-refractivity contribution is -0.125. The molecule has 1 aliphatic carbocycles. The van der Waals surface area contributed by atoms with Crippen molar-refractivity contribution in [1.82, 2.24) is 10.3 Å². The van der Waals surface area contributed by atoms with Crippen LogP contribution in [0.25, 0.3) is 10.2 Å². The molecule has 1 N–H and O–H groups in total. The summed E-state index contributed by atoms with van der Waals surface area (Å²) in [5, 5.41) is 3.92. The Balaban J connectivity index is 1.57. The summed E-state index contributed by atoms with van der Waals surface area (Å²) in [6.07, 6.45) is 1.23. The Morgan fingerprint density at radius 1 is 1.45 bits per heavy atom. The van der Waals surface area contributed by atoms with Crippen LogP contribution in [0.15, 0.2) is 24.3 Å². The summed E-state index contributed by atoms with van der Waals surface area (Å²) < 4.78 is 0.260. The second-order valence-electron chi connectivity index (χ2n) is 5.29. The molecule has 2 aromatic rings. The summed E-state index contributed by atoms with van der Waals surface area (Å²) in [7, 11) is 0. The van der Waals surface area contributed by atoms with Crippen molar-refractivity contribution in [2.24, 2.45) is 5.41 Å². The first kappa shape index (κ1) is 14.1. The third-order valence-corrected chi connectivity index (χ3v) is 5.92. The van der Waals surface area contributed by atoms with Gasteiger partial charge in [0.15, 0.2) is 0 Å². The van der Waals surface area contributed by atoms with Crippen LogP contribution in [-0.4, -0.2) is 21.8 Å². The van der Waals surface area contributed by atoms with Gasteiger partial charge in [0.1, 0.15) is 4.33 Å². The zero-order chi connectivity index (χ0) is 14.4. The molecule has 3 rings (SSSR count). The van der Waals surface area contributed by atoms with Gasteiger partial charge in [-0.1, -0.05) is 12.1 Å². The highest BCUT2D eigenvalue weighted by Gasteiger charge is 2.67. The van der Waals surface area contributed by atoms with Crippen LogP contribution in [0.5, 0.6) is 0 Å². The fraction of sp³-hybridized carbons (Fsp3) is 0.429. The third-order valence-electron chi connectivity index (χ3n) is 3.72. The number of aromatic nitrogens is 1. The van der Waals surface area contributed by atoms with Crippen molar-refractivity contribution in [3.8, 4) is 0 Å². The second kappa shape index (κ2) is 4.86. The number of hydrogen-bond donors (Lipinski definition) is 1. The summed E-state index contributed by atoms with van der Waals surface area (Å²) in [4.78, 5) is 16.5. The molecule has 1 aliphatic rings. The van der Waals surface area contributed by atoms with E-state index in [2.05, 4.69) is 16.4 Å². The predicted molar refractivity (Wildman–Crippen MR) is 83.5 cm³/mol. The molecular weight excluding hydrogens is 315 g/mol. The molecule has 0 bridgehead atoms. The standard InChI is InChI=1S/C14H14Cl2N2OS/c1-13(8-14(13,15)16)12(19)17-7-6-11-18-9-4-2-3-5-10(9)20-11/h2-5H,6-8H2,1H3,(H,17,19). The van der Waals surface area contributed by atoms with Crippen LogP contribution in [0.4, 0.5) is 0 Å². The fourth-order valence-corrected chi connectivity index (χ4v) is 3.82. The van der Waals surface area contributed by atoms with Gasteiger partial charge in [0.25, 0.3) is 0 Å². The van der Waals surface area contributed by atoms with E-state index in [0.29, 0.717) is 13.0 Å². The van der Waals surface area contributed by atoms with E-state index in [1.807, 2.05) is 18.2 Å². The van der Waals surface area contributed by atoms with E-state index in [-0.39, 0.29) is 5.91 Å². The molecule has 1 unspecified atom stereocenters. The van der Waals surface area contributed by atoms with Crippen LogP contribution in [-0.2, 0) is 11.2 Å². The number of amides is 1.